The van der Waals surface area contributed by atoms with Gasteiger partial charge in [-0.25, -0.2) is 0 Å². The highest BCUT2D eigenvalue weighted by molar-refractivity contribution is 5.99. The van der Waals surface area contributed by atoms with Gasteiger partial charge >= 0.3 is 0 Å². The molecule has 1 aromatic heterocycles. The van der Waals surface area contributed by atoms with E-state index in [-0.39, 0.29) is 5.41 Å². The van der Waals surface area contributed by atoms with Gasteiger partial charge in [-0.15, -0.1) is 10.2 Å². The van der Waals surface area contributed by atoms with Crippen molar-refractivity contribution < 1.29 is 14.0 Å². The van der Waals surface area contributed by atoms with E-state index in [1.54, 1.807) is 48.5 Å². The fraction of sp³-hybridized carbons (Fsp3) is 0.154. The van der Waals surface area contributed by atoms with Crippen LogP contribution in [0.3, 0.4) is 0 Å². The second-order valence-corrected chi connectivity index (χ2v) is 8.59. The molecule has 0 atom stereocenters. The first-order chi connectivity index (χ1) is 15.8. The Hall–Kier alpha value is -4.26. The van der Waals surface area contributed by atoms with Crippen LogP contribution in [0.15, 0.2) is 83.3 Å². The zero-order valence-corrected chi connectivity index (χ0v) is 18.6. The second kappa shape index (κ2) is 9.08. The summed E-state index contributed by atoms with van der Waals surface area (Å²) < 4.78 is 5.85. The van der Waals surface area contributed by atoms with Crippen LogP contribution in [0.25, 0.3) is 22.9 Å². The molecule has 0 unspecified atom stereocenters. The molecule has 0 aliphatic carbocycles. The SMILES string of the molecule is CC(C)(C)c1ccc(-c2nnc(-c3cccc(C(=O)NNC(=O)c4ccccc4)c3)o2)cc1. The van der Waals surface area contributed by atoms with E-state index in [9.17, 15) is 9.59 Å². The Balaban J connectivity index is 1.46. The van der Waals surface area contributed by atoms with Crippen molar-refractivity contribution in [2.75, 3.05) is 0 Å². The van der Waals surface area contributed by atoms with E-state index < -0.39 is 11.8 Å². The van der Waals surface area contributed by atoms with Crippen molar-refractivity contribution in [3.05, 3.63) is 95.6 Å². The maximum Gasteiger partial charge on any atom is 0.269 e. The molecule has 2 amide bonds. The number of nitrogens with one attached hydrogen (secondary N) is 2. The molecule has 0 aliphatic rings. The van der Waals surface area contributed by atoms with Crippen LogP contribution in [-0.4, -0.2) is 22.0 Å². The normalized spacial score (nSPS) is 11.1. The van der Waals surface area contributed by atoms with Crippen LogP contribution in [0.2, 0.25) is 0 Å². The van der Waals surface area contributed by atoms with Gasteiger partial charge in [0.1, 0.15) is 0 Å². The molecule has 7 heteroatoms. The lowest BCUT2D eigenvalue weighted by Crippen LogP contribution is -2.41. The quantitative estimate of drug-likeness (QED) is 0.445. The third-order valence-corrected chi connectivity index (χ3v) is 5.12. The van der Waals surface area contributed by atoms with Crippen molar-refractivity contribution in [3.63, 3.8) is 0 Å². The Labute approximate surface area is 191 Å². The summed E-state index contributed by atoms with van der Waals surface area (Å²) in [4.78, 5) is 24.6. The topological polar surface area (TPSA) is 97.1 Å². The molecule has 3 aromatic carbocycles. The number of rotatable bonds is 4. The Morgan fingerprint density at radius 1 is 0.697 bits per heavy atom. The standard InChI is InChI=1S/C26H24N4O3/c1-26(2,3)21-14-12-18(13-15-21)24-29-30-25(33-24)20-11-7-10-19(16-20)23(32)28-27-22(31)17-8-5-4-6-9-17/h4-16H,1-3H3,(H,27,31)(H,28,32). The summed E-state index contributed by atoms with van der Waals surface area (Å²) in [6.45, 7) is 6.47. The summed E-state index contributed by atoms with van der Waals surface area (Å²) in [6, 6.07) is 23.4. The van der Waals surface area contributed by atoms with Gasteiger partial charge in [0, 0.05) is 22.3 Å². The molecule has 166 valence electrons. The van der Waals surface area contributed by atoms with E-state index in [1.807, 2.05) is 30.3 Å². The van der Waals surface area contributed by atoms with Gasteiger partial charge in [0.15, 0.2) is 0 Å². The molecule has 0 saturated carbocycles. The minimum atomic E-state index is -0.460. The van der Waals surface area contributed by atoms with Crippen molar-refractivity contribution >= 4 is 11.8 Å². The Kier molecular flexibility index (Phi) is 6.04. The van der Waals surface area contributed by atoms with Crippen LogP contribution in [0, 0.1) is 0 Å². The molecule has 0 saturated heterocycles. The molecule has 4 rings (SSSR count). The molecule has 0 spiro atoms. The molecule has 0 bridgehead atoms. The number of benzene rings is 3. The number of hydrogen-bond acceptors (Lipinski definition) is 5. The lowest BCUT2D eigenvalue weighted by atomic mass is 9.87. The molecular formula is C26H24N4O3. The van der Waals surface area contributed by atoms with Crippen LogP contribution < -0.4 is 10.9 Å². The van der Waals surface area contributed by atoms with Crippen LogP contribution in [0.5, 0.6) is 0 Å². The minimum absolute atomic E-state index is 0.0557. The number of aromatic nitrogens is 2. The molecule has 0 aliphatic heterocycles. The van der Waals surface area contributed by atoms with Crippen LogP contribution in [-0.2, 0) is 5.41 Å². The summed E-state index contributed by atoms with van der Waals surface area (Å²) in [7, 11) is 0. The fourth-order valence-corrected chi connectivity index (χ4v) is 3.21. The highest BCUT2D eigenvalue weighted by atomic mass is 16.4. The zero-order chi connectivity index (χ0) is 23.4. The third-order valence-electron chi connectivity index (χ3n) is 5.12. The molecule has 1 heterocycles. The van der Waals surface area contributed by atoms with E-state index in [0.717, 1.165) is 5.56 Å². The summed E-state index contributed by atoms with van der Waals surface area (Å²) in [6.07, 6.45) is 0. The number of carbonyl (C=O) groups excluding carboxylic acids is 2. The van der Waals surface area contributed by atoms with Crippen LogP contribution in [0.4, 0.5) is 0 Å². The van der Waals surface area contributed by atoms with Gasteiger partial charge in [0.25, 0.3) is 11.8 Å². The number of carbonyl (C=O) groups is 2. The highest BCUT2D eigenvalue weighted by Gasteiger charge is 2.16. The van der Waals surface area contributed by atoms with Gasteiger partial charge in [-0.1, -0.05) is 57.2 Å². The lowest BCUT2D eigenvalue weighted by molar-refractivity contribution is 0.0846. The molecular weight excluding hydrogens is 416 g/mol. The Bertz CT molecular complexity index is 1270. The summed E-state index contributed by atoms with van der Waals surface area (Å²) >= 11 is 0. The predicted octanol–water partition coefficient (Wildman–Crippen LogP) is 4.78. The monoisotopic (exact) mass is 440 g/mol. The van der Waals surface area contributed by atoms with Crippen molar-refractivity contribution in [2.45, 2.75) is 26.2 Å². The van der Waals surface area contributed by atoms with Crippen molar-refractivity contribution in [2.24, 2.45) is 0 Å². The van der Waals surface area contributed by atoms with Gasteiger partial charge < -0.3 is 4.42 Å². The van der Waals surface area contributed by atoms with E-state index in [1.165, 1.54) is 5.56 Å². The van der Waals surface area contributed by atoms with Crippen molar-refractivity contribution in [1.82, 2.24) is 21.0 Å². The molecule has 2 N–H and O–H groups in total. The van der Waals surface area contributed by atoms with E-state index in [0.29, 0.717) is 28.5 Å². The first-order valence-electron chi connectivity index (χ1n) is 10.5. The average Bonchev–Trinajstić information content (AvgIpc) is 3.33. The zero-order valence-electron chi connectivity index (χ0n) is 18.6. The van der Waals surface area contributed by atoms with Crippen LogP contribution in [0.1, 0.15) is 47.1 Å². The first-order valence-corrected chi connectivity index (χ1v) is 10.5. The van der Waals surface area contributed by atoms with Crippen LogP contribution >= 0.6 is 0 Å². The van der Waals surface area contributed by atoms with Crippen molar-refractivity contribution in [3.8, 4) is 22.9 Å². The summed E-state index contributed by atoms with van der Waals surface area (Å²) in [5.41, 5.74) is 8.30. The van der Waals surface area contributed by atoms with Gasteiger partial charge in [-0.05, 0) is 53.4 Å². The second-order valence-electron chi connectivity index (χ2n) is 8.59. The van der Waals surface area contributed by atoms with Gasteiger partial charge in [-0.3, -0.25) is 20.4 Å². The number of hydrogen-bond donors (Lipinski definition) is 2. The molecule has 0 fully saturated rings. The van der Waals surface area contributed by atoms with E-state index in [2.05, 4.69) is 41.8 Å². The van der Waals surface area contributed by atoms with E-state index in [4.69, 9.17) is 4.42 Å². The maximum atomic E-state index is 12.5. The summed E-state index contributed by atoms with van der Waals surface area (Å²) in [5.74, 6) is -0.166. The fourth-order valence-electron chi connectivity index (χ4n) is 3.21. The third kappa shape index (κ3) is 5.15. The first kappa shape index (κ1) is 22.0. The van der Waals surface area contributed by atoms with E-state index >= 15 is 0 Å². The molecule has 7 nitrogen and oxygen atoms in total. The number of amides is 2. The highest BCUT2D eigenvalue weighted by Crippen LogP contribution is 2.27. The smallest absolute Gasteiger partial charge is 0.269 e. The molecule has 33 heavy (non-hydrogen) atoms. The molecule has 4 aromatic rings. The average molecular weight is 441 g/mol. The maximum absolute atomic E-state index is 12.5. The summed E-state index contributed by atoms with van der Waals surface area (Å²) in [5, 5.41) is 8.28. The lowest BCUT2D eigenvalue weighted by Gasteiger charge is -2.18. The number of nitrogens with zero attached hydrogens (tertiary/aromatic N) is 2. The Morgan fingerprint density at radius 3 is 1.91 bits per heavy atom. The molecule has 0 radical (unpaired) electrons. The largest absolute Gasteiger partial charge is 0.416 e. The predicted molar refractivity (Wildman–Crippen MR) is 125 cm³/mol. The van der Waals surface area contributed by atoms with Gasteiger partial charge in [0.2, 0.25) is 11.8 Å². The number of hydrazine groups is 1. The van der Waals surface area contributed by atoms with Gasteiger partial charge in [-0.2, -0.15) is 0 Å². The minimum Gasteiger partial charge on any atom is -0.416 e. The Morgan fingerprint density at radius 2 is 1.27 bits per heavy atom. The van der Waals surface area contributed by atoms with Crippen molar-refractivity contribution in [1.29, 1.82) is 0 Å². The van der Waals surface area contributed by atoms with Gasteiger partial charge in [0.05, 0.1) is 0 Å².